The summed E-state index contributed by atoms with van der Waals surface area (Å²) in [5, 5.41) is 13.9. The van der Waals surface area contributed by atoms with Gasteiger partial charge in [0.05, 0.1) is 16.4 Å². The van der Waals surface area contributed by atoms with Crippen molar-refractivity contribution in [3.8, 4) is 17.2 Å². The van der Waals surface area contributed by atoms with Gasteiger partial charge in [0.25, 0.3) is 5.91 Å². The summed E-state index contributed by atoms with van der Waals surface area (Å²) >= 11 is 2.01. The number of aromatic hydroxyl groups is 1. The fourth-order valence-corrected chi connectivity index (χ4v) is 2.93. The molecule has 0 aliphatic carbocycles. The molecular formula is C19H21IN2O4. The molecule has 2 aromatic carbocycles. The van der Waals surface area contributed by atoms with Crippen molar-refractivity contribution < 1.29 is 19.4 Å². The SMILES string of the molecule is CCOc1cc(/C=N\NC(=O)COc2c(C)cccc2C)cc(I)c1O. The normalized spacial score (nSPS) is 10.8. The highest BCUT2D eigenvalue weighted by atomic mass is 127. The van der Waals surface area contributed by atoms with E-state index in [-0.39, 0.29) is 18.3 Å². The van der Waals surface area contributed by atoms with Crippen LogP contribution in [0.1, 0.15) is 23.6 Å². The molecule has 26 heavy (non-hydrogen) atoms. The van der Waals surface area contributed by atoms with E-state index in [2.05, 4.69) is 10.5 Å². The number of hydrazone groups is 1. The first-order valence-corrected chi connectivity index (χ1v) is 9.16. The molecule has 0 atom stereocenters. The molecule has 2 rings (SSSR count). The van der Waals surface area contributed by atoms with Crippen molar-refractivity contribution in [1.29, 1.82) is 0 Å². The third-order valence-corrected chi connectivity index (χ3v) is 4.33. The number of para-hydroxylation sites is 1. The van der Waals surface area contributed by atoms with Crippen LogP contribution in [-0.4, -0.2) is 30.4 Å². The molecule has 6 nitrogen and oxygen atoms in total. The number of carbonyl (C=O) groups is 1. The molecule has 0 aliphatic rings. The molecule has 0 saturated heterocycles. The van der Waals surface area contributed by atoms with E-state index < -0.39 is 0 Å². The lowest BCUT2D eigenvalue weighted by molar-refractivity contribution is -0.123. The molecule has 0 saturated carbocycles. The van der Waals surface area contributed by atoms with Crippen molar-refractivity contribution in [2.45, 2.75) is 20.8 Å². The molecule has 0 spiro atoms. The van der Waals surface area contributed by atoms with Crippen LogP contribution in [0.2, 0.25) is 0 Å². The molecule has 1 amide bonds. The van der Waals surface area contributed by atoms with Gasteiger partial charge in [-0.05, 0) is 72.2 Å². The van der Waals surface area contributed by atoms with Crippen molar-refractivity contribution in [2.24, 2.45) is 5.10 Å². The number of nitrogens with one attached hydrogen (secondary N) is 1. The third-order valence-electron chi connectivity index (χ3n) is 3.51. The Morgan fingerprint density at radius 1 is 1.27 bits per heavy atom. The Balaban J connectivity index is 1.95. The second-order valence-electron chi connectivity index (χ2n) is 5.59. The van der Waals surface area contributed by atoms with Crippen LogP contribution >= 0.6 is 22.6 Å². The Hall–Kier alpha value is -2.29. The van der Waals surface area contributed by atoms with Crippen LogP contribution in [0.3, 0.4) is 0 Å². The summed E-state index contributed by atoms with van der Waals surface area (Å²) in [6, 6.07) is 9.20. The summed E-state index contributed by atoms with van der Waals surface area (Å²) in [7, 11) is 0. The highest BCUT2D eigenvalue weighted by Crippen LogP contribution is 2.32. The molecule has 0 unspecified atom stereocenters. The zero-order chi connectivity index (χ0) is 19.1. The van der Waals surface area contributed by atoms with Crippen molar-refractivity contribution in [3.05, 3.63) is 50.6 Å². The number of aryl methyl sites for hydroxylation is 2. The number of rotatable bonds is 7. The first-order chi connectivity index (χ1) is 12.4. The lowest BCUT2D eigenvalue weighted by atomic mass is 10.1. The van der Waals surface area contributed by atoms with Gasteiger partial charge in [-0.1, -0.05) is 18.2 Å². The first kappa shape index (κ1) is 20.0. The number of halogens is 1. The molecule has 138 valence electrons. The highest BCUT2D eigenvalue weighted by molar-refractivity contribution is 14.1. The summed E-state index contributed by atoms with van der Waals surface area (Å²) in [6.45, 7) is 6.02. The van der Waals surface area contributed by atoms with Crippen LogP contribution in [0.25, 0.3) is 0 Å². The minimum absolute atomic E-state index is 0.0932. The van der Waals surface area contributed by atoms with E-state index in [0.717, 1.165) is 11.1 Å². The monoisotopic (exact) mass is 468 g/mol. The average Bonchev–Trinajstić information content (AvgIpc) is 2.59. The molecule has 0 heterocycles. The van der Waals surface area contributed by atoms with E-state index in [1.807, 2.05) is 61.6 Å². The zero-order valence-electron chi connectivity index (χ0n) is 14.9. The molecule has 0 aromatic heterocycles. The Kier molecular flexibility index (Phi) is 7.26. The zero-order valence-corrected chi connectivity index (χ0v) is 17.0. The Labute approximate surface area is 166 Å². The molecule has 0 aliphatic heterocycles. The van der Waals surface area contributed by atoms with E-state index in [9.17, 15) is 9.90 Å². The Bertz CT molecular complexity index is 801. The van der Waals surface area contributed by atoms with E-state index in [1.165, 1.54) is 6.21 Å². The molecule has 0 bridgehead atoms. The number of carbonyl (C=O) groups excluding carboxylic acids is 1. The van der Waals surface area contributed by atoms with Gasteiger partial charge < -0.3 is 14.6 Å². The summed E-state index contributed by atoms with van der Waals surface area (Å²) in [5.74, 6) is 0.824. The Morgan fingerprint density at radius 2 is 1.96 bits per heavy atom. The lowest BCUT2D eigenvalue weighted by Gasteiger charge is -2.10. The highest BCUT2D eigenvalue weighted by Gasteiger charge is 2.09. The number of phenols is 1. The van der Waals surface area contributed by atoms with Crippen molar-refractivity contribution in [1.82, 2.24) is 5.43 Å². The lowest BCUT2D eigenvalue weighted by Crippen LogP contribution is -2.25. The van der Waals surface area contributed by atoms with Gasteiger partial charge in [-0.3, -0.25) is 4.79 Å². The number of ether oxygens (including phenoxy) is 2. The number of nitrogens with zero attached hydrogens (tertiary/aromatic N) is 1. The van der Waals surface area contributed by atoms with Gasteiger partial charge in [-0.25, -0.2) is 5.43 Å². The van der Waals surface area contributed by atoms with Crippen LogP contribution in [0.5, 0.6) is 17.2 Å². The maximum Gasteiger partial charge on any atom is 0.277 e. The number of hydrogen-bond donors (Lipinski definition) is 2. The number of amides is 1. The molecule has 0 radical (unpaired) electrons. The summed E-state index contributed by atoms with van der Waals surface area (Å²) in [6.07, 6.45) is 1.49. The van der Waals surface area contributed by atoms with Gasteiger partial charge >= 0.3 is 0 Å². The van der Waals surface area contributed by atoms with E-state index in [4.69, 9.17) is 9.47 Å². The average molecular weight is 468 g/mol. The molecule has 2 aromatic rings. The predicted molar refractivity (Wildman–Crippen MR) is 109 cm³/mol. The predicted octanol–water partition coefficient (Wildman–Crippen LogP) is 3.54. The van der Waals surface area contributed by atoms with Gasteiger partial charge in [-0.15, -0.1) is 0 Å². The van der Waals surface area contributed by atoms with E-state index in [0.29, 0.717) is 27.2 Å². The van der Waals surface area contributed by atoms with Gasteiger partial charge in [0.15, 0.2) is 18.1 Å². The van der Waals surface area contributed by atoms with Crippen LogP contribution in [0.4, 0.5) is 0 Å². The topological polar surface area (TPSA) is 80.2 Å². The molecular weight excluding hydrogens is 447 g/mol. The van der Waals surface area contributed by atoms with E-state index in [1.54, 1.807) is 12.1 Å². The van der Waals surface area contributed by atoms with E-state index >= 15 is 0 Å². The fraction of sp³-hybridized carbons (Fsp3) is 0.263. The van der Waals surface area contributed by atoms with Crippen LogP contribution in [0.15, 0.2) is 35.4 Å². The molecule has 2 N–H and O–H groups in total. The fourth-order valence-electron chi connectivity index (χ4n) is 2.31. The minimum atomic E-state index is -0.359. The standard InChI is InChI=1S/C19H21IN2O4/c1-4-25-16-9-14(8-15(20)18(16)24)10-21-22-17(23)11-26-19-12(2)6-5-7-13(19)3/h5-10,24H,4,11H2,1-3H3,(H,22,23)/b21-10-. The van der Waals surface area contributed by atoms with Gasteiger partial charge in [-0.2, -0.15) is 5.10 Å². The number of phenolic OH excluding ortho intramolecular Hbond substituents is 1. The molecule has 0 fully saturated rings. The second-order valence-corrected chi connectivity index (χ2v) is 6.75. The largest absolute Gasteiger partial charge is 0.504 e. The number of benzene rings is 2. The van der Waals surface area contributed by atoms with Gasteiger partial charge in [0.1, 0.15) is 5.75 Å². The first-order valence-electron chi connectivity index (χ1n) is 8.08. The second kappa shape index (κ2) is 9.42. The third kappa shape index (κ3) is 5.35. The molecule has 7 heteroatoms. The Morgan fingerprint density at radius 3 is 2.62 bits per heavy atom. The van der Waals surface area contributed by atoms with Crippen LogP contribution < -0.4 is 14.9 Å². The van der Waals surface area contributed by atoms with Gasteiger partial charge in [0.2, 0.25) is 0 Å². The van der Waals surface area contributed by atoms with Crippen LogP contribution in [-0.2, 0) is 4.79 Å². The van der Waals surface area contributed by atoms with Crippen LogP contribution in [0, 0.1) is 17.4 Å². The van der Waals surface area contributed by atoms with Crippen molar-refractivity contribution in [3.63, 3.8) is 0 Å². The summed E-state index contributed by atoms with van der Waals surface area (Å²) in [5.41, 5.74) is 5.08. The quantitative estimate of drug-likeness (QED) is 0.370. The summed E-state index contributed by atoms with van der Waals surface area (Å²) < 4.78 is 11.6. The maximum atomic E-state index is 11.9. The van der Waals surface area contributed by atoms with Crippen molar-refractivity contribution in [2.75, 3.05) is 13.2 Å². The maximum absolute atomic E-state index is 11.9. The minimum Gasteiger partial charge on any atom is -0.504 e. The smallest absolute Gasteiger partial charge is 0.277 e. The summed E-state index contributed by atoms with van der Waals surface area (Å²) in [4.78, 5) is 11.9. The van der Waals surface area contributed by atoms with Crippen molar-refractivity contribution >= 4 is 34.7 Å². The van der Waals surface area contributed by atoms with Gasteiger partial charge in [0, 0.05) is 0 Å². The number of hydrogen-bond acceptors (Lipinski definition) is 5.